The summed E-state index contributed by atoms with van der Waals surface area (Å²) in [5, 5.41) is 19.7. The second-order valence-electron chi connectivity index (χ2n) is 6.94. The number of nitrogens with one attached hydrogen (secondary N) is 1. The van der Waals surface area contributed by atoms with Crippen LogP contribution in [0.3, 0.4) is 0 Å². The number of nitrogen functional groups attached to an aromatic ring is 1. The molecular formula is C22H22N8O3S. The van der Waals surface area contributed by atoms with Gasteiger partial charge in [-0.1, -0.05) is 35.5 Å². The number of para-hydroxylation sites is 1. The van der Waals surface area contributed by atoms with E-state index in [1.165, 1.54) is 16.4 Å². The van der Waals surface area contributed by atoms with Gasteiger partial charge in [0.25, 0.3) is 5.91 Å². The fourth-order valence-electron chi connectivity index (χ4n) is 3.08. The Kier molecular flexibility index (Phi) is 7.18. The van der Waals surface area contributed by atoms with Crippen LogP contribution >= 0.6 is 11.8 Å². The molecule has 4 aromatic rings. The molecule has 174 valence electrons. The predicted molar refractivity (Wildman–Crippen MR) is 127 cm³/mol. The molecule has 0 saturated heterocycles. The highest BCUT2D eigenvalue weighted by atomic mass is 32.2. The number of carbonyl (C=O) groups is 1. The van der Waals surface area contributed by atoms with Gasteiger partial charge in [-0.25, -0.2) is 10.1 Å². The summed E-state index contributed by atoms with van der Waals surface area (Å²) in [5.41, 5.74) is 10.3. The van der Waals surface area contributed by atoms with E-state index in [0.717, 1.165) is 10.5 Å². The Labute approximate surface area is 199 Å². The van der Waals surface area contributed by atoms with Crippen molar-refractivity contribution in [1.29, 1.82) is 0 Å². The fourth-order valence-corrected chi connectivity index (χ4v) is 3.99. The lowest BCUT2D eigenvalue weighted by Gasteiger charge is -2.09. The summed E-state index contributed by atoms with van der Waals surface area (Å²) in [5.74, 6) is 0.699. The number of amides is 1. The van der Waals surface area contributed by atoms with Gasteiger partial charge in [0.2, 0.25) is 11.6 Å². The first kappa shape index (κ1) is 23.0. The normalized spacial score (nSPS) is 11.4. The molecule has 2 aromatic heterocycles. The third-order valence-electron chi connectivity index (χ3n) is 4.70. The number of hydrogen-bond acceptors (Lipinski definition) is 10. The van der Waals surface area contributed by atoms with E-state index in [-0.39, 0.29) is 17.3 Å². The molecule has 0 atom stereocenters. The van der Waals surface area contributed by atoms with E-state index in [1.807, 2.05) is 61.5 Å². The molecule has 12 heteroatoms. The van der Waals surface area contributed by atoms with E-state index >= 15 is 0 Å². The lowest BCUT2D eigenvalue weighted by atomic mass is 10.1. The number of aromatic nitrogens is 5. The maximum atomic E-state index is 13.0. The highest BCUT2D eigenvalue weighted by Gasteiger charge is 2.24. The molecule has 0 aliphatic heterocycles. The Bertz CT molecular complexity index is 1300. The Morgan fingerprint density at radius 3 is 2.68 bits per heavy atom. The number of hydrogen-bond donors (Lipinski definition) is 2. The van der Waals surface area contributed by atoms with Crippen LogP contribution in [-0.4, -0.2) is 43.5 Å². The van der Waals surface area contributed by atoms with Gasteiger partial charge in [0.05, 0.1) is 18.0 Å². The Morgan fingerprint density at radius 1 is 1.18 bits per heavy atom. The Hall–Kier alpha value is -4.19. The summed E-state index contributed by atoms with van der Waals surface area (Å²) < 4.78 is 11.7. The molecule has 0 fully saturated rings. The van der Waals surface area contributed by atoms with Gasteiger partial charge in [0, 0.05) is 16.2 Å². The van der Waals surface area contributed by atoms with Crippen LogP contribution in [0.15, 0.2) is 69.2 Å². The lowest BCUT2D eigenvalue weighted by Crippen LogP contribution is -2.21. The Morgan fingerprint density at radius 2 is 1.94 bits per heavy atom. The average Bonchev–Trinajstić information content (AvgIpc) is 3.47. The van der Waals surface area contributed by atoms with Crippen molar-refractivity contribution in [2.75, 3.05) is 12.3 Å². The molecular weight excluding hydrogens is 456 g/mol. The van der Waals surface area contributed by atoms with Gasteiger partial charge in [0.15, 0.2) is 5.69 Å². The van der Waals surface area contributed by atoms with Gasteiger partial charge in [-0.15, -0.1) is 16.9 Å². The van der Waals surface area contributed by atoms with Gasteiger partial charge in [-0.05, 0) is 48.4 Å². The topological polar surface area (TPSA) is 146 Å². The monoisotopic (exact) mass is 478 g/mol. The third kappa shape index (κ3) is 5.07. The van der Waals surface area contributed by atoms with Gasteiger partial charge in [0.1, 0.15) is 5.75 Å². The van der Waals surface area contributed by atoms with Crippen molar-refractivity contribution in [2.45, 2.75) is 24.5 Å². The minimum atomic E-state index is -0.529. The molecule has 1 amide bonds. The van der Waals surface area contributed by atoms with E-state index in [2.05, 4.69) is 31.2 Å². The number of thioether (sulfide) groups is 1. The zero-order valence-electron chi connectivity index (χ0n) is 18.5. The minimum Gasteiger partial charge on any atom is -0.493 e. The SMILES string of the molecule is CCOc1ccccc1/C(C)=N/NC(=O)c1nnn(-c2nonc2N)c1CSc1ccccc1. The third-order valence-corrected chi connectivity index (χ3v) is 5.72. The molecule has 0 aliphatic carbocycles. The van der Waals surface area contributed by atoms with Gasteiger partial charge in [-0.3, -0.25) is 4.79 Å². The number of ether oxygens (including phenoxy) is 1. The van der Waals surface area contributed by atoms with Crippen LogP contribution in [0.5, 0.6) is 5.75 Å². The smallest absolute Gasteiger partial charge is 0.293 e. The summed E-state index contributed by atoms with van der Waals surface area (Å²) in [4.78, 5) is 14.0. The first-order chi connectivity index (χ1) is 16.6. The number of rotatable bonds is 9. The second-order valence-corrected chi connectivity index (χ2v) is 7.99. The molecule has 3 N–H and O–H groups in total. The number of carbonyl (C=O) groups excluding carboxylic acids is 1. The van der Waals surface area contributed by atoms with Crippen molar-refractivity contribution in [3.05, 3.63) is 71.5 Å². The summed E-state index contributed by atoms with van der Waals surface area (Å²) in [6.07, 6.45) is 0. The van der Waals surface area contributed by atoms with Crippen LogP contribution in [0.4, 0.5) is 5.82 Å². The number of nitrogens with two attached hydrogens (primary N) is 1. The first-order valence-corrected chi connectivity index (χ1v) is 11.3. The minimum absolute atomic E-state index is 0.0317. The standard InChI is InChI=1S/C22H22N8O3S/c1-3-32-18-12-8-7-11-16(18)14(2)24-26-22(31)19-17(13-34-15-9-5-4-6-10-15)30(29-25-19)21-20(23)27-33-28-21/h4-12H,3,13H2,1-2H3,(H2,23,27)(H,26,31)/b24-14+. The number of nitrogens with zero attached hydrogens (tertiary/aromatic N) is 6. The zero-order chi connectivity index (χ0) is 23.9. The highest BCUT2D eigenvalue weighted by molar-refractivity contribution is 7.98. The van der Waals surface area contributed by atoms with Crippen molar-refractivity contribution in [2.24, 2.45) is 5.10 Å². The molecule has 0 spiro atoms. The maximum Gasteiger partial charge on any atom is 0.293 e. The molecule has 4 rings (SSSR count). The van der Waals surface area contributed by atoms with E-state index in [0.29, 0.717) is 29.5 Å². The Balaban J connectivity index is 1.60. The first-order valence-electron chi connectivity index (χ1n) is 10.4. The van der Waals surface area contributed by atoms with Crippen LogP contribution in [0, 0.1) is 0 Å². The van der Waals surface area contributed by atoms with Gasteiger partial charge < -0.3 is 10.5 Å². The summed E-state index contributed by atoms with van der Waals surface area (Å²) in [6, 6.07) is 17.2. The molecule has 0 unspecified atom stereocenters. The van der Waals surface area contributed by atoms with E-state index < -0.39 is 5.91 Å². The molecule has 0 radical (unpaired) electrons. The van der Waals surface area contributed by atoms with Crippen LogP contribution in [0.2, 0.25) is 0 Å². The van der Waals surface area contributed by atoms with Crippen molar-refractivity contribution in [3.8, 4) is 11.6 Å². The zero-order valence-corrected chi connectivity index (χ0v) is 19.3. The molecule has 2 heterocycles. The predicted octanol–water partition coefficient (Wildman–Crippen LogP) is 3.08. The lowest BCUT2D eigenvalue weighted by molar-refractivity contribution is 0.0949. The summed E-state index contributed by atoms with van der Waals surface area (Å²) in [6.45, 7) is 4.20. The fraction of sp³-hybridized carbons (Fsp3) is 0.182. The van der Waals surface area contributed by atoms with Crippen molar-refractivity contribution in [1.82, 2.24) is 30.7 Å². The molecule has 34 heavy (non-hydrogen) atoms. The summed E-state index contributed by atoms with van der Waals surface area (Å²) >= 11 is 1.50. The quantitative estimate of drug-likeness (QED) is 0.210. The van der Waals surface area contributed by atoms with Gasteiger partial charge >= 0.3 is 0 Å². The molecule has 11 nitrogen and oxygen atoms in total. The van der Waals surface area contributed by atoms with E-state index in [4.69, 9.17) is 15.1 Å². The van der Waals surface area contributed by atoms with Crippen molar-refractivity contribution >= 4 is 29.2 Å². The van der Waals surface area contributed by atoms with Crippen LogP contribution in [0.25, 0.3) is 5.82 Å². The maximum absolute atomic E-state index is 13.0. The molecule has 0 aliphatic rings. The molecule has 0 bridgehead atoms. The summed E-state index contributed by atoms with van der Waals surface area (Å²) in [7, 11) is 0. The average molecular weight is 479 g/mol. The molecule has 2 aromatic carbocycles. The van der Waals surface area contributed by atoms with Crippen LogP contribution in [-0.2, 0) is 5.75 Å². The van der Waals surface area contributed by atoms with Crippen LogP contribution < -0.4 is 15.9 Å². The molecule has 0 saturated carbocycles. The number of hydrazone groups is 1. The van der Waals surface area contributed by atoms with E-state index in [1.54, 1.807) is 6.92 Å². The number of anilines is 1. The highest BCUT2D eigenvalue weighted by Crippen LogP contribution is 2.26. The number of benzene rings is 2. The largest absolute Gasteiger partial charge is 0.493 e. The van der Waals surface area contributed by atoms with Crippen LogP contribution in [0.1, 0.15) is 35.6 Å². The van der Waals surface area contributed by atoms with E-state index in [9.17, 15) is 4.79 Å². The second kappa shape index (κ2) is 10.6. The van der Waals surface area contributed by atoms with Crippen molar-refractivity contribution in [3.63, 3.8) is 0 Å². The van der Waals surface area contributed by atoms with Crippen molar-refractivity contribution < 1.29 is 14.2 Å². The van der Waals surface area contributed by atoms with Gasteiger partial charge in [-0.2, -0.15) is 9.78 Å².